The summed E-state index contributed by atoms with van der Waals surface area (Å²) in [5.74, 6) is -0.515. The van der Waals surface area contributed by atoms with Crippen LogP contribution in [-0.4, -0.2) is 27.8 Å². The normalized spacial score (nSPS) is 10.4. The Bertz CT molecular complexity index is 1010. The molecule has 3 rings (SSSR count). The number of halogens is 1. The molecular formula is C19H17FN4O3. The molecule has 0 saturated carbocycles. The summed E-state index contributed by atoms with van der Waals surface area (Å²) in [7, 11) is 1.42. The van der Waals surface area contributed by atoms with Gasteiger partial charge in [0.1, 0.15) is 18.1 Å². The lowest BCUT2D eigenvalue weighted by Gasteiger charge is -2.11. The standard InChI is InChI=1S/C19H17FN4O3/c1-27-17-10-14(20)2-3-15(17)16-4-5-19(26)24(23-16)12-18(25)22-11-13-6-8-21-9-7-13/h2-10H,11-12H2,1H3,(H,22,25). The minimum atomic E-state index is -0.445. The zero-order chi connectivity index (χ0) is 19.2. The molecule has 0 aliphatic carbocycles. The second kappa shape index (κ2) is 8.22. The van der Waals surface area contributed by atoms with Crippen LogP contribution in [0.3, 0.4) is 0 Å². The van der Waals surface area contributed by atoms with Crippen molar-refractivity contribution >= 4 is 5.91 Å². The van der Waals surface area contributed by atoms with Crippen LogP contribution in [0.5, 0.6) is 5.75 Å². The maximum atomic E-state index is 13.4. The van der Waals surface area contributed by atoms with Gasteiger partial charge < -0.3 is 10.1 Å². The first-order valence-electron chi connectivity index (χ1n) is 8.14. The Morgan fingerprint density at radius 3 is 2.70 bits per heavy atom. The van der Waals surface area contributed by atoms with Gasteiger partial charge in [0.05, 0.1) is 12.8 Å². The number of nitrogens with zero attached hydrogens (tertiary/aromatic N) is 3. The Kier molecular flexibility index (Phi) is 5.55. The molecule has 27 heavy (non-hydrogen) atoms. The van der Waals surface area contributed by atoms with Gasteiger partial charge in [-0.1, -0.05) is 0 Å². The molecule has 1 aromatic carbocycles. The lowest BCUT2D eigenvalue weighted by Crippen LogP contribution is -2.33. The number of nitrogens with one attached hydrogen (secondary N) is 1. The molecule has 0 spiro atoms. The van der Waals surface area contributed by atoms with E-state index in [4.69, 9.17) is 4.74 Å². The van der Waals surface area contributed by atoms with Crippen LogP contribution >= 0.6 is 0 Å². The van der Waals surface area contributed by atoms with Crippen LogP contribution in [0.1, 0.15) is 5.56 Å². The molecule has 1 amide bonds. The summed E-state index contributed by atoms with van der Waals surface area (Å²) >= 11 is 0. The molecule has 0 radical (unpaired) electrons. The van der Waals surface area contributed by atoms with Gasteiger partial charge in [-0.05, 0) is 35.9 Å². The highest BCUT2D eigenvalue weighted by Gasteiger charge is 2.12. The smallest absolute Gasteiger partial charge is 0.267 e. The number of carbonyl (C=O) groups excluding carboxylic acids is 1. The molecule has 0 atom stereocenters. The fraction of sp³-hybridized carbons (Fsp3) is 0.158. The Labute approximate surface area is 154 Å². The van der Waals surface area contributed by atoms with E-state index in [1.807, 2.05) is 0 Å². The molecule has 8 heteroatoms. The predicted molar refractivity (Wildman–Crippen MR) is 96.5 cm³/mol. The van der Waals surface area contributed by atoms with Gasteiger partial charge in [-0.25, -0.2) is 9.07 Å². The van der Waals surface area contributed by atoms with E-state index in [9.17, 15) is 14.0 Å². The molecule has 1 N–H and O–H groups in total. The fourth-order valence-corrected chi connectivity index (χ4v) is 2.48. The summed E-state index contributed by atoms with van der Waals surface area (Å²) in [5.41, 5.74) is 1.39. The SMILES string of the molecule is COc1cc(F)ccc1-c1ccc(=O)n(CC(=O)NCc2ccncc2)n1. The van der Waals surface area contributed by atoms with E-state index in [-0.39, 0.29) is 18.2 Å². The number of hydrogen-bond donors (Lipinski definition) is 1. The van der Waals surface area contributed by atoms with Gasteiger partial charge >= 0.3 is 0 Å². The molecule has 138 valence electrons. The number of ether oxygens (including phenoxy) is 1. The van der Waals surface area contributed by atoms with Crippen LogP contribution in [-0.2, 0) is 17.9 Å². The number of benzene rings is 1. The van der Waals surface area contributed by atoms with E-state index < -0.39 is 11.4 Å². The van der Waals surface area contributed by atoms with E-state index in [0.29, 0.717) is 17.8 Å². The van der Waals surface area contributed by atoms with Crippen LogP contribution in [0.2, 0.25) is 0 Å². The van der Waals surface area contributed by atoms with Gasteiger partial charge in [-0.15, -0.1) is 0 Å². The number of aromatic nitrogens is 3. The zero-order valence-electron chi connectivity index (χ0n) is 14.6. The van der Waals surface area contributed by atoms with Crippen molar-refractivity contribution in [2.45, 2.75) is 13.1 Å². The summed E-state index contributed by atoms with van der Waals surface area (Å²) in [4.78, 5) is 28.1. The summed E-state index contributed by atoms with van der Waals surface area (Å²) < 4.78 is 19.6. The number of rotatable bonds is 6. The van der Waals surface area contributed by atoms with E-state index in [0.717, 1.165) is 10.2 Å². The third-order valence-electron chi connectivity index (χ3n) is 3.84. The molecule has 0 unspecified atom stereocenters. The Balaban J connectivity index is 1.78. The molecule has 0 aliphatic rings. The third-order valence-corrected chi connectivity index (χ3v) is 3.84. The van der Waals surface area contributed by atoms with Crippen LogP contribution in [0.15, 0.2) is 59.7 Å². The van der Waals surface area contributed by atoms with Gasteiger partial charge in [0, 0.05) is 36.6 Å². The van der Waals surface area contributed by atoms with Crippen LogP contribution < -0.4 is 15.6 Å². The summed E-state index contributed by atoms with van der Waals surface area (Å²) in [5, 5.41) is 6.93. The molecule has 3 aromatic rings. The van der Waals surface area contributed by atoms with Gasteiger partial charge in [-0.3, -0.25) is 14.6 Å². The monoisotopic (exact) mass is 368 g/mol. The van der Waals surface area contributed by atoms with Crippen LogP contribution in [0, 0.1) is 5.82 Å². The number of hydrogen-bond acceptors (Lipinski definition) is 5. The van der Waals surface area contributed by atoms with Crippen molar-refractivity contribution in [3.63, 3.8) is 0 Å². The molecule has 0 bridgehead atoms. The lowest BCUT2D eigenvalue weighted by atomic mass is 10.1. The second-order valence-corrected chi connectivity index (χ2v) is 5.69. The average molecular weight is 368 g/mol. The molecule has 0 saturated heterocycles. The van der Waals surface area contributed by atoms with Crippen molar-refractivity contribution in [3.05, 3.63) is 76.6 Å². The summed E-state index contributed by atoms with van der Waals surface area (Å²) in [6.45, 7) is 0.0862. The quantitative estimate of drug-likeness (QED) is 0.717. The zero-order valence-corrected chi connectivity index (χ0v) is 14.6. The minimum Gasteiger partial charge on any atom is -0.496 e. The Morgan fingerprint density at radius 2 is 1.96 bits per heavy atom. The van der Waals surface area contributed by atoms with Crippen LogP contribution in [0.25, 0.3) is 11.3 Å². The second-order valence-electron chi connectivity index (χ2n) is 5.69. The van der Waals surface area contributed by atoms with Crippen molar-refractivity contribution in [1.29, 1.82) is 0 Å². The highest BCUT2D eigenvalue weighted by atomic mass is 19.1. The Hall–Kier alpha value is -3.55. The number of methoxy groups -OCH3 is 1. The lowest BCUT2D eigenvalue weighted by molar-refractivity contribution is -0.122. The van der Waals surface area contributed by atoms with E-state index >= 15 is 0 Å². The largest absolute Gasteiger partial charge is 0.496 e. The molecular weight excluding hydrogens is 351 g/mol. The number of amides is 1. The molecule has 7 nitrogen and oxygen atoms in total. The highest BCUT2D eigenvalue weighted by Crippen LogP contribution is 2.28. The fourth-order valence-electron chi connectivity index (χ4n) is 2.48. The molecule has 0 aliphatic heterocycles. The first-order chi connectivity index (χ1) is 13.1. The maximum absolute atomic E-state index is 13.4. The van der Waals surface area contributed by atoms with Crippen molar-refractivity contribution in [3.8, 4) is 17.0 Å². The summed E-state index contributed by atoms with van der Waals surface area (Å²) in [6, 6.07) is 10.4. The third kappa shape index (κ3) is 4.55. The van der Waals surface area contributed by atoms with Crippen molar-refractivity contribution in [2.75, 3.05) is 7.11 Å². The van der Waals surface area contributed by atoms with Crippen molar-refractivity contribution < 1.29 is 13.9 Å². The Morgan fingerprint density at radius 1 is 1.19 bits per heavy atom. The maximum Gasteiger partial charge on any atom is 0.267 e. The van der Waals surface area contributed by atoms with Gasteiger partial charge in [0.15, 0.2) is 0 Å². The predicted octanol–water partition coefficient (Wildman–Crippen LogP) is 1.77. The molecule has 0 fully saturated rings. The van der Waals surface area contributed by atoms with Gasteiger partial charge in [0.25, 0.3) is 5.56 Å². The average Bonchev–Trinajstić information content (AvgIpc) is 2.69. The van der Waals surface area contributed by atoms with E-state index in [2.05, 4.69) is 15.4 Å². The van der Waals surface area contributed by atoms with E-state index in [1.54, 1.807) is 24.5 Å². The highest BCUT2D eigenvalue weighted by molar-refractivity contribution is 5.75. The van der Waals surface area contributed by atoms with Crippen molar-refractivity contribution in [2.24, 2.45) is 0 Å². The molecule has 2 aromatic heterocycles. The number of pyridine rings is 1. The van der Waals surface area contributed by atoms with Gasteiger partial charge in [0.2, 0.25) is 5.91 Å². The number of carbonyl (C=O) groups is 1. The van der Waals surface area contributed by atoms with Crippen LogP contribution in [0.4, 0.5) is 4.39 Å². The first kappa shape index (κ1) is 18.2. The van der Waals surface area contributed by atoms with Gasteiger partial charge in [-0.2, -0.15) is 5.10 Å². The van der Waals surface area contributed by atoms with Crippen molar-refractivity contribution in [1.82, 2.24) is 20.1 Å². The summed E-state index contributed by atoms with van der Waals surface area (Å²) in [6.07, 6.45) is 3.26. The topological polar surface area (TPSA) is 86.1 Å². The molecule has 2 heterocycles. The minimum absolute atomic E-state index is 0.235. The first-order valence-corrected chi connectivity index (χ1v) is 8.14. The van der Waals surface area contributed by atoms with E-state index in [1.165, 1.54) is 37.4 Å².